The Labute approximate surface area is 197 Å². The average molecular weight is 450 g/mol. The van der Waals surface area contributed by atoms with Crippen LogP contribution in [-0.4, -0.2) is 43.6 Å². The molecule has 1 unspecified atom stereocenters. The van der Waals surface area contributed by atoms with Crippen LogP contribution >= 0.6 is 0 Å². The van der Waals surface area contributed by atoms with Crippen molar-refractivity contribution in [1.29, 1.82) is 0 Å². The summed E-state index contributed by atoms with van der Waals surface area (Å²) >= 11 is 0. The van der Waals surface area contributed by atoms with Crippen molar-refractivity contribution in [3.63, 3.8) is 0 Å². The summed E-state index contributed by atoms with van der Waals surface area (Å²) in [6.45, 7) is 6.76. The number of carbonyl (C=O) groups is 2. The Morgan fingerprint density at radius 2 is 1.76 bits per heavy atom. The van der Waals surface area contributed by atoms with E-state index in [-0.39, 0.29) is 29.8 Å². The molecule has 5 nitrogen and oxygen atoms in total. The van der Waals surface area contributed by atoms with E-state index >= 15 is 0 Å². The van der Waals surface area contributed by atoms with Crippen LogP contribution in [0.2, 0.25) is 0 Å². The summed E-state index contributed by atoms with van der Waals surface area (Å²) < 4.78 is 10.3. The number of carbonyl (C=O) groups excluding carboxylic acids is 2. The highest BCUT2D eigenvalue weighted by Crippen LogP contribution is 2.48. The lowest BCUT2D eigenvalue weighted by atomic mass is 9.68. The first-order valence-corrected chi connectivity index (χ1v) is 12.0. The van der Waals surface area contributed by atoms with E-state index in [2.05, 4.69) is 31.9 Å². The molecule has 0 bridgehead atoms. The van der Waals surface area contributed by atoms with E-state index in [9.17, 15) is 9.59 Å². The number of nitrogens with zero attached hydrogens (tertiary/aromatic N) is 1. The topological polar surface area (TPSA) is 55.8 Å². The van der Waals surface area contributed by atoms with Crippen LogP contribution in [0.15, 0.2) is 36.4 Å². The maximum Gasteiger partial charge on any atom is 0.338 e. The van der Waals surface area contributed by atoms with Crippen molar-refractivity contribution in [3.8, 4) is 11.1 Å². The molecule has 0 amide bonds. The highest BCUT2D eigenvalue weighted by Gasteiger charge is 2.41. The van der Waals surface area contributed by atoms with Gasteiger partial charge in [-0.2, -0.15) is 0 Å². The van der Waals surface area contributed by atoms with Crippen LogP contribution in [0.5, 0.6) is 0 Å². The number of rotatable bonds is 7. The van der Waals surface area contributed by atoms with Gasteiger partial charge >= 0.3 is 11.9 Å². The lowest BCUT2D eigenvalue weighted by molar-refractivity contribution is -0.139. The van der Waals surface area contributed by atoms with Gasteiger partial charge in [0.2, 0.25) is 0 Å². The first-order chi connectivity index (χ1) is 15.7. The molecule has 176 valence electrons. The van der Waals surface area contributed by atoms with Crippen LogP contribution in [0.3, 0.4) is 0 Å². The lowest BCUT2D eigenvalue weighted by Gasteiger charge is -2.42. The van der Waals surface area contributed by atoms with Gasteiger partial charge in [-0.05, 0) is 79.0 Å². The average Bonchev–Trinajstić information content (AvgIpc) is 3.64. The quantitative estimate of drug-likeness (QED) is 0.526. The van der Waals surface area contributed by atoms with E-state index in [1.54, 1.807) is 0 Å². The third-order valence-electron chi connectivity index (χ3n) is 7.26. The minimum absolute atomic E-state index is 0.0295. The van der Waals surface area contributed by atoms with Crippen molar-refractivity contribution in [2.45, 2.75) is 70.4 Å². The molecule has 0 aliphatic heterocycles. The van der Waals surface area contributed by atoms with Gasteiger partial charge in [0.1, 0.15) is 0 Å². The zero-order valence-corrected chi connectivity index (χ0v) is 20.4. The molecule has 0 aromatic heterocycles. The van der Waals surface area contributed by atoms with Crippen molar-refractivity contribution in [2.75, 3.05) is 20.8 Å². The fraction of sp³-hybridized carbons (Fsp3) is 0.500. The molecule has 1 fully saturated rings. The molecule has 5 heteroatoms. The first-order valence-electron chi connectivity index (χ1n) is 12.0. The van der Waals surface area contributed by atoms with Crippen LogP contribution in [0, 0.1) is 0 Å². The predicted octanol–water partition coefficient (Wildman–Crippen LogP) is 5.45. The summed E-state index contributed by atoms with van der Waals surface area (Å²) in [4.78, 5) is 27.3. The molecule has 0 heterocycles. The smallest absolute Gasteiger partial charge is 0.338 e. The number of hydrogen-bond acceptors (Lipinski definition) is 5. The second kappa shape index (κ2) is 9.30. The van der Waals surface area contributed by atoms with Gasteiger partial charge in [0.25, 0.3) is 0 Å². The molecule has 0 spiro atoms. The molecule has 0 radical (unpaired) electrons. The van der Waals surface area contributed by atoms with E-state index in [0.29, 0.717) is 18.2 Å². The summed E-state index contributed by atoms with van der Waals surface area (Å²) in [5.41, 5.74) is 5.97. The van der Waals surface area contributed by atoms with Crippen molar-refractivity contribution in [1.82, 2.24) is 4.90 Å². The van der Waals surface area contributed by atoms with Crippen molar-refractivity contribution in [3.05, 3.63) is 58.7 Å². The lowest BCUT2D eigenvalue weighted by Crippen LogP contribution is -2.36. The maximum absolute atomic E-state index is 13.2. The molecule has 4 rings (SSSR count). The minimum atomic E-state index is -0.256. The van der Waals surface area contributed by atoms with E-state index in [1.807, 2.05) is 37.3 Å². The molecule has 1 atom stereocenters. The van der Waals surface area contributed by atoms with Gasteiger partial charge < -0.3 is 9.47 Å². The zero-order chi connectivity index (χ0) is 23.8. The maximum atomic E-state index is 13.2. The monoisotopic (exact) mass is 449 g/mol. The summed E-state index contributed by atoms with van der Waals surface area (Å²) in [6.07, 6.45) is 4.83. The SMILES string of the molecule is CCOC(=O)c1cc(-c2ccc(CC(=O)OC)cc2)cc2c1C(N(C)C1CC1)CCC2(C)C. The molecule has 2 aromatic carbocycles. The van der Waals surface area contributed by atoms with Gasteiger partial charge in [0.05, 0.1) is 25.7 Å². The van der Waals surface area contributed by atoms with E-state index in [0.717, 1.165) is 35.1 Å². The van der Waals surface area contributed by atoms with Crippen molar-refractivity contribution < 1.29 is 19.1 Å². The normalized spacial score (nSPS) is 19.2. The largest absolute Gasteiger partial charge is 0.469 e. The van der Waals surface area contributed by atoms with E-state index in [4.69, 9.17) is 9.47 Å². The Hall–Kier alpha value is -2.66. The molecule has 0 saturated heterocycles. The van der Waals surface area contributed by atoms with Crippen LogP contribution in [0.4, 0.5) is 0 Å². The Morgan fingerprint density at radius 3 is 2.36 bits per heavy atom. The van der Waals surface area contributed by atoms with Gasteiger partial charge in [-0.3, -0.25) is 9.69 Å². The summed E-state index contributed by atoms with van der Waals surface area (Å²) in [5.74, 6) is -0.501. The Balaban J connectivity index is 1.81. The summed E-state index contributed by atoms with van der Waals surface area (Å²) in [5, 5.41) is 0. The van der Waals surface area contributed by atoms with Gasteiger partial charge in [-0.1, -0.05) is 44.2 Å². The van der Waals surface area contributed by atoms with Gasteiger partial charge in [-0.15, -0.1) is 0 Å². The first kappa shape index (κ1) is 23.5. The fourth-order valence-electron chi connectivity index (χ4n) is 5.09. The van der Waals surface area contributed by atoms with E-state index < -0.39 is 0 Å². The van der Waals surface area contributed by atoms with Gasteiger partial charge in [0, 0.05) is 12.1 Å². The predicted molar refractivity (Wildman–Crippen MR) is 129 cm³/mol. The summed E-state index contributed by atoms with van der Waals surface area (Å²) in [7, 11) is 3.60. The Kier molecular flexibility index (Phi) is 6.62. The third kappa shape index (κ3) is 4.84. The molecule has 2 aliphatic rings. The molecule has 2 aromatic rings. The standard InChI is InChI=1S/C28H35NO4/c1-6-33-27(31)22-16-20(19-9-7-18(8-10-19)15-25(30)32-5)17-23-26(22)24(13-14-28(23,2)3)29(4)21-11-12-21/h7-10,16-17,21,24H,6,11-15H2,1-5H3. The third-order valence-corrected chi connectivity index (χ3v) is 7.26. The van der Waals surface area contributed by atoms with Gasteiger partial charge in [0.15, 0.2) is 0 Å². The fourth-order valence-corrected chi connectivity index (χ4v) is 5.09. The Bertz CT molecular complexity index is 1040. The highest BCUT2D eigenvalue weighted by atomic mass is 16.5. The molecule has 33 heavy (non-hydrogen) atoms. The second-order valence-electron chi connectivity index (χ2n) is 9.99. The van der Waals surface area contributed by atoms with Crippen LogP contribution in [0.1, 0.15) is 79.5 Å². The molecular formula is C28H35NO4. The molecular weight excluding hydrogens is 414 g/mol. The number of esters is 2. The van der Waals surface area contributed by atoms with Crippen LogP contribution < -0.4 is 0 Å². The van der Waals surface area contributed by atoms with E-state index in [1.165, 1.54) is 25.5 Å². The number of benzene rings is 2. The molecule has 0 N–H and O–H groups in total. The Morgan fingerprint density at radius 1 is 1.06 bits per heavy atom. The molecule has 1 saturated carbocycles. The van der Waals surface area contributed by atoms with Crippen molar-refractivity contribution >= 4 is 11.9 Å². The van der Waals surface area contributed by atoms with Gasteiger partial charge in [-0.25, -0.2) is 4.79 Å². The summed E-state index contributed by atoms with van der Waals surface area (Å²) in [6, 6.07) is 13.0. The number of fused-ring (bicyclic) bond motifs is 1. The van der Waals surface area contributed by atoms with Crippen LogP contribution in [0.25, 0.3) is 11.1 Å². The van der Waals surface area contributed by atoms with Crippen LogP contribution in [-0.2, 0) is 26.1 Å². The zero-order valence-electron chi connectivity index (χ0n) is 20.4. The van der Waals surface area contributed by atoms with Crippen molar-refractivity contribution in [2.24, 2.45) is 0 Å². The number of ether oxygens (including phenoxy) is 2. The number of methoxy groups -OCH3 is 1. The minimum Gasteiger partial charge on any atom is -0.469 e. The second-order valence-corrected chi connectivity index (χ2v) is 9.99. The molecule has 2 aliphatic carbocycles. The number of hydrogen-bond donors (Lipinski definition) is 0. The highest BCUT2D eigenvalue weighted by molar-refractivity contribution is 5.94.